The van der Waals surface area contributed by atoms with Crippen LogP contribution in [0.2, 0.25) is 5.02 Å². The standard InChI is InChI=1S/C15H17ClFNO2/c16-11-4-3-10(13(17)7-11)6-14(19)15-8-18-5-1-2-12(18)9-20-15/h3-4,7,12,15H,1-2,5-6,8-9H2. The Morgan fingerprint density at radius 3 is 3.15 bits per heavy atom. The molecule has 0 saturated carbocycles. The molecule has 0 radical (unpaired) electrons. The molecule has 0 bridgehead atoms. The molecular formula is C15H17ClFNO2. The van der Waals surface area contributed by atoms with Gasteiger partial charge < -0.3 is 4.74 Å². The zero-order valence-corrected chi connectivity index (χ0v) is 11.9. The molecule has 108 valence electrons. The SMILES string of the molecule is O=C(Cc1ccc(Cl)cc1F)C1CN2CCCC2CO1. The van der Waals surface area contributed by atoms with Gasteiger partial charge in [0.15, 0.2) is 5.78 Å². The van der Waals surface area contributed by atoms with E-state index in [0.717, 1.165) is 13.0 Å². The molecule has 0 amide bonds. The van der Waals surface area contributed by atoms with E-state index >= 15 is 0 Å². The van der Waals surface area contributed by atoms with Crippen LogP contribution in [-0.2, 0) is 16.0 Å². The molecule has 0 aliphatic carbocycles. The summed E-state index contributed by atoms with van der Waals surface area (Å²) in [5.41, 5.74) is 0.381. The normalized spacial score (nSPS) is 26.5. The largest absolute Gasteiger partial charge is 0.367 e. The lowest BCUT2D eigenvalue weighted by molar-refractivity contribution is -0.137. The van der Waals surface area contributed by atoms with Crippen LogP contribution in [0.15, 0.2) is 18.2 Å². The van der Waals surface area contributed by atoms with Crippen molar-refractivity contribution in [3.63, 3.8) is 0 Å². The van der Waals surface area contributed by atoms with Crippen LogP contribution in [0, 0.1) is 5.82 Å². The van der Waals surface area contributed by atoms with Gasteiger partial charge in [-0.1, -0.05) is 17.7 Å². The van der Waals surface area contributed by atoms with E-state index in [2.05, 4.69) is 4.90 Å². The number of hydrogen-bond donors (Lipinski definition) is 0. The summed E-state index contributed by atoms with van der Waals surface area (Å²) >= 11 is 5.71. The molecule has 0 spiro atoms. The first-order valence-corrected chi connectivity index (χ1v) is 7.33. The summed E-state index contributed by atoms with van der Waals surface area (Å²) in [5.74, 6) is -0.489. The topological polar surface area (TPSA) is 29.5 Å². The molecule has 2 unspecified atom stereocenters. The number of Topliss-reactive ketones (excluding diaryl/α,β-unsaturated/α-hetero) is 1. The number of carbonyl (C=O) groups excluding carboxylic acids is 1. The first-order chi connectivity index (χ1) is 9.63. The first kappa shape index (κ1) is 14.0. The van der Waals surface area contributed by atoms with E-state index in [1.54, 1.807) is 12.1 Å². The van der Waals surface area contributed by atoms with Crippen LogP contribution in [0.1, 0.15) is 18.4 Å². The molecule has 2 aliphatic rings. The summed E-state index contributed by atoms with van der Waals surface area (Å²) in [6.07, 6.45) is 1.94. The molecule has 3 nitrogen and oxygen atoms in total. The molecular weight excluding hydrogens is 281 g/mol. The van der Waals surface area contributed by atoms with E-state index in [1.165, 1.54) is 12.5 Å². The van der Waals surface area contributed by atoms with Crippen LogP contribution < -0.4 is 0 Å². The van der Waals surface area contributed by atoms with Crippen LogP contribution in [-0.4, -0.2) is 42.5 Å². The minimum atomic E-state index is -0.431. The molecule has 1 aromatic carbocycles. The van der Waals surface area contributed by atoms with Crippen molar-refractivity contribution in [3.05, 3.63) is 34.6 Å². The predicted molar refractivity (Wildman–Crippen MR) is 74.5 cm³/mol. The van der Waals surface area contributed by atoms with Crippen molar-refractivity contribution >= 4 is 17.4 Å². The number of fused-ring (bicyclic) bond motifs is 1. The number of benzene rings is 1. The zero-order chi connectivity index (χ0) is 14.1. The molecule has 0 N–H and O–H groups in total. The summed E-state index contributed by atoms with van der Waals surface area (Å²) in [7, 11) is 0. The average molecular weight is 298 g/mol. The maximum absolute atomic E-state index is 13.7. The van der Waals surface area contributed by atoms with Crippen LogP contribution in [0.4, 0.5) is 4.39 Å². The summed E-state index contributed by atoms with van der Waals surface area (Å²) in [6.45, 7) is 2.28. The fraction of sp³-hybridized carbons (Fsp3) is 0.533. The van der Waals surface area contributed by atoms with Gasteiger partial charge in [-0.25, -0.2) is 4.39 Å². The average Bonchev–Trinajstić information content (AvgIpc) is 2.89. The fourth-order valence-electron chi connectivity index (χ4n) is 2.98. The lowest BCUT2D eigenvalue weighted by atomic mass is 10.0. The highest BCUT2D eigenvalue weighted by Gasteiger charge is 2.35. The quantitative estimate of drug-likeness (QED) is 0.858. The van der Waals surface area contributed by atoms with Crippen molar-refractivity contribution < 1.29 is 13.9 Å². The number of morpholine rings is 1. The van der Waals surface area contributed by atoms with Gasteiger partial charge in [0.2, 0.25) is 0 Å². The third-order valence-electron chi connectivity index (χ3n) is 4.13. The molecule has 2 heterocycles. The fourth-order valence-corrected chi connectivity index (χ4v) is 3.14. The second kappa shape index (κ2) is 5.80. The maximum Gasteiger partial charge on any atom is 0.167 e. The Bertz CT molecular complexity index is 523. The van der Waals surface area contributed by atoms with E-state index in [-0.39, 0.29) is 12.2 Å². The number of halogens is 2. The van der Waals surface area contributed by atoms with Crippen molar-refractivity contribution in [3.8, 4) is 0 Å². The van der Waals surface area contributed by atoms with E-state index in [9.17, 15) is 9.18 Å². The second-order valence-electron chi connectivity index (χ2n) is 5.49. The predicted octanol–water partition coefficient (Wildman–Crippen LogP) is 2.45. The molecule has 0 aromatic heterocycles. The van der Waals surface area contributed by atoms with E-state index in [0.29, 0.717) is 29.8 Å². The number of rotatable bonds is 3. The lowest BCUT2D eigenvalue weighted by Gasteiger charge is -2.34. The summed E-state index contributed by atoms with van der Waals surface area (Å²) in [6, 6.07) is 4.87. The van der Waals surface area contributed by atoms with Gasteiger partial charge in [-0.05, 0) is 37.1 Å². The monoisotopic (exact) mass is 297 g/mol. The Labute approximate surface area is 122 Å². The third kappa shape index (κ3) is 2.87. The Kier molecular flexibility index (Phi) is 4.06. The van der Waals surface area contributed by atoms with Crippen LogP contribution >= 0.6 is 11.6 Å². The molecule has 5 heteroatoms. The number of ether oxygens (including phenoxy) is 1. The summed E-state index contributed by atoms with van der Waals surface area (Å²) in [5, 5.41) is 0.340. The molecule has 1 aromatic rings. The molecule has 3 rings (SSSR count). The van der Waals surface area contributed by atoms with Gasteiger partial charge in [-0.2, -0.15) is 0 Å². The third-order valence-corrected chi connectivity index (χ3v) is 4.36. The first-order valence-electron chi connectivity index (χ1n) is 6.96. The Balaban J connectivity index is 1.64. The van der Waals surface area contributed by atoms with E-state index in [4.69, 9.17) is 16.3 Å². The van der Waals surface area contributed by atoms with Crippen molar-refractivity contribution in [2.24, 2.45) is 0 Å². The second-order valence-corrected chi connectivity index (χ2v) is 5.93. The number of ketones is 1. The number of hydrogen-bond acceptors (Lipinski definition) is 3. The number of nitrogens with zero attached hydrogens (tertiary/aromatic N) is 1. The molecule has 20 heavy (non-hydrogen) atoms. The van der Waals surface area contributed by atoms with Crippen molar-refractivity contribution in [2.75, 3.05) is 19.7 Å². The van der Waals surface area contributed by atoms with E-state index < -0.39 is 11.9 Å². The Hall–Kier alpha value is -0.970. The Morgan fingerprint density at radius 1 is 1.50 bits per heavy atom. The highest BCUT2D eigenvalue weighted by atomic mass is 35.5. The van der Waals surface area contributed by atoms with Gasteiger partial charge in [-0.3, -0.25) is 9.69 Å². The molecule has 2 saturated heterocycles. The smallest absolute Gasteiger partial charge is 0.167 e. The van der Waals surface area contributed by atoms with Crippen molar-refractivity contribution in [1.29, 1.82) is 0 Å². The zero-order valence-electron chi connectivity index (χ0n) is 11.1. The van der Waals surface area contributed by atoms with Crippen molar-refractivity contribution in [1.82, 2.24) is 4.90 Å². The van der Waals surface area contributed by atoms with Crippen molar-refractivity contribution in [2.45, 2.75) is 31.4 Å². The van der Waals surface area contributed by atoms with Crippen LogP contribution in [0.3, 0.4) is 0 Å². The number of carbonyl (C=O) groups is 1. The van der Waals surface area contributed by atoms with Gasteiger partial charge in [0.25, 0.3) is 0 Å². The minimum Gasteiger partial charge on any atom is -0.367 e. The van der Waals surface area contributed by atoms with Gasteiger partial charge in [-0.15, -0.1) is 0 Å². The Morgan fingerprint density at radius 2 is 2.35 bits per heavy atom. The van der Waals surface area contributed by atoms with Crippen LogP contribution in [0.5, 0.6) is 0 Å². The van der Waals surface area contributed by atoms with Crippen LogP contribution in [0.25, 0.3) is 0 Å². The van der Waals surface area contributed by atoms with Gasteiger partial charge >= 0.3 is 0 Å². The van der Waals surface area contributed by atoms with Gasteiger partial charge in [0.1, 0.15) is 11.9 Å². The van der Waals surface area contributed by atoms with Gasteiger partial charge in [0.05, 0.1) is 6.61 Å². The lowest BCUT2D eigenvalue weighted by Crippen LogP contribution is -2.49. The summed E-state index contributed by atoms with van der Waals surface area (Å²) < 4.78 is 19.4. The summed E-state index contributed by atoms with van der Waals surface area (Å²) in [4.78, 5) is 14.6. The minimum absolute atomic E-state index is 0.0587. The molecule has 2 atom stereocenters. The highest BCUT2D eigenvalue weighted by Crippen LogP contribution is 2.24. The highest BCUT2D eigenvalue weighted by molar-refractivity contribution is 6.30. The van der Waals surface area contributed by atoms with Gasteiger partial charge in [0, 0.05) is 24.0 Å². The van der Waals surface area contributed by atoms with E-state index in [1.807, 2.05) is 0 Å². The molecule has 2 aliphatic heterocycles. The maximum atomic E-state index is 13.7. The molecule has 2 fully saturated rings.